The minimum Gasteiger partial charge on any atom is -0.473 e. The Morgan fingerprint density at radius 1 is 1.25 bits per heavy atom. The highest BCUT2D eigenvalue weighted by molar-refractivity contribution is 7.59. The van der Waals surface area contributed by atoms with E-state index < -0.39 is 6.03 Å². The highest BCUT2D eigenvalue weighted by Crippen LogP contribution is 2.33. The van der Waals surface area contributed by atoms with Crippen LogP contribution in [0.4, 0.5) is 10.5 Å². The number of nitrogens with two attached hydrogens (primary N) is 1. The van der Waals surface area contributed by atoms with Crippen molar-refractivity contribution in [3.8, 4) is 17.1 Å². The largest absolute Gasteiger partial charge is 0.473 e. The standard InChI is InChI=1S/C22H24N6O3.H2S/c1-27-7-4-15-10-14(2-3-19(15)27)17-11-18-20(25-6-5-24-18)21(26-17)31-13-16-12-28(22(23)29)8-9-30-16;/h2-3,5-6,10-11,16H,4,7-9,12-13H2,1H3,(H2,23,29);1H2/t16-;/m0./s1. The molecule has 2 amide bonds. The van der Waals surface area contributed by atoms with Crippen LogP contribution in [0.3, 0.4) is 0 Å². The molecule has 0 bridgehead atoms. The Balaban J connectivity index is 0.00000245. The first-order valence-electron chi connectivity index (χ1n) is 10.3. The van der Waals surface area contributed by atoms with Crippen molar-refractivity contribution in [1.82, 2.24) is 19.9 Å². The number of carbonyl (C=O) groups excluding carboxylic acids is 1. The van der Waals surface area contributed by atoms with Gasteiger partial charge in [0.25, 0.3) is 0 Å². The molecule has 0 unspecified atom stereocenters. The maximum atomic E-state index is 11.5. The number of nitrogens with zero attached hydrogens (tertiary/aromatic N) is 5. The molecule has 0 saturated carbocycles. The Labute approximate surface area is 193 Å². The second-order valence-electron chi connectivity index (χ2n) is 7.84. The minimum atomic E-state index is -0.452. The zero-order valence-corrected chi connectivity index (χ0v) is 18.8. The van der Waals surface area contributed by atoms with Gasteiger partial charge < -0.3 is 25.0 Å². The lowest BCUT2D eigenvalue weighted by Gasteiger charge is -2.31. The first-order chi connectivity index (χ1) is 15.1. The van der Waals surface area contributed by atoms with E-state index in [4.69, 9.17) is 20.2 Å². The molecular formula is C22H26N6O3S. The topological polar surface area (TPSA) is 107 Å². The van der Waals surface area contributed by atoms with Crippen LogP contribution in [0.1, 0.15) is 5.56 Å². The number of primary amides is 1. The van der Waals surface area contributed by atoms with Crippen molar-refractivity contribution < 1.29 is 14.3 Å². The van der Waals surface area contributed by atoms with Crippen molar-refractivity contribution in [2.45, 2.75) is 12.5 Å². The molecule has 3 aromatic rings. The normalized spacial score (nSPS) is 17.7. The zero-order chi connectivity index (χ0) is 21.4. The molecule has 10 heteroatoms. The van der Waals surface area contributed by atoms with E-state index in [1.807, 2.05) is 6.07 Å². The minimum absolute atomic E-state index is 0. The lowest BCUT2D eigenvalue weighted by molar-refractivity contribution is -0.0346. The number of ether oxygens (including phenoxy) is 2. The van der Waals surface area contributed by atoms with E-state index in [1.54, 1.807) is 17.3 Å². The average Bonchev–Trinajstić information content (AvgIpc) is 3.17. The SMILES string of the molecule is CN1CCc2cc(-c3cc4nccnc4c(OC[C@@H]4CN(C(N)=O)CCO4)n3)ccc21.S. The third kappa shape index (κ3) is 4.28. The van der Waals surface area contributed by atoms with Crippen molar-refractivity contribution >= 4 is 36.2 Å². The summed E-state index contributed by atoms with van der Waals surface area (Å²) in [6, 6.07) is 7.87. The summed E-state index contributed by atoms with van der Waals surface area (Å²) in [4.78, 5) is 28.9. The summed E-state index contributed by atoms with van der Waals surface area (Å²) in [7, 11) is 2.11. The van der Waals surface area contributed by atoms with Crippen LogP contribution in [0, 0.1) is 0 Å². The van der Waals surface area contributed by atoms with Crippen LogP contribution in [0.15, 0.2) is 36.7 Å². The summed E-state index contributed by atoms with van der Waals surface area (Å²) in [5.74, 6) is 0.401. The van der Waals surface area contributed by atoms with Crippen molar-refractivity contribution in [1.29, 1.82) is 0 Å². The third-order valence-corrected chi connectivity index (χ3v) is 5.78. The fraction of sp³-hybridized carbons (Fsp3) is 0.364. The summed E-state index contributed by atoms with van der Waals surface area (Å²) < 4.78 is 11.8. The van der Waals surface area contributed by atoms with Crippen molar-refractivity contribution in [3.05, 3.63) is 42.2 Å². The van der Waals surface area contributed by atoms with Gasteiger partial charge in [-0.15, -0.1) is 0 Å². The predicted molar refractivity (Wildman–Crippen MR) is 127 cm³/mol. The maximum Gasteiger partial charge on any atom is 0.314 e. The number of fused-ring (bicyclic) bond motifs is 2. The molecule has 2 aliphatic heterocycles. The van der Waals surface area contributed by atoms with E-state index in [0.29, 0.717) is 36.6 Å². The number of anilines is 1. The molecule has 1 saturated heterocycles. The Morgan fingerprint density at radius 2 is 2.09 bits per heavy atom. The van der Waals surface area contributed by atoms with Gasteiger partial charge in [-0.2, -0.15) is 13.5 Å². The lowest BCUT2D eigenvalue weighted by Crippen LogP contribution is -2.49. The number of morpholine rings is 1. The summed E-state index contributed by atoms with van der Waals surface area (Å²) in [6.45, 7) is 2.56. The second-order valence-corrected chi connectivity index (χ2v) is 7.84. The fourth-order valence-corrected chi connectivity index (χ4v) is 4.11. The smallest absolute Gasteiger partial charge is 0.314 e. The van der Waals surface area contributed by atoms with Crippen LogP contribution in [-0.2, 0) is 11.2 Å². The molecule has 9 nitrogen and oxygen atoms in total. The molecule has 1 atom stereocenters. The Morgan fingerprint density at radius 3 is 2.94 bits per heavy atom. The summed E-state index contributed by atoms with van der Waals surface area (Å²) in [5.41, 5.74) is 11.1. The highest BCUT2D eigenvalue weighted by atomic mass is 32.1. The molecule has 1 fully saturated rings. The number of carbonyl (C=O) groups is 1. The van der Waals surface area contributed by atoms with Gasteiger partial charge in [-0.25, -0.2) is 14.8 Å². The number of aromatic nitrogens is 3. The Bertz CT molecular complexity index is 1140. The van der Waals surface area contributed by atoms with Crippen LogP contribution >= 0.6 is 13.5 Å². The highest BCUT2D eigenvalue weighted by Gasteiger charge is 2.24. The van der Waals surface area contributed by atoms with Gasteiger partial charge in [0.2, 0.25) is 5.88 Å². The first kappa shape index (κ1) is 22.1. The van der Waals surface area contributed by atoms with E-state index in [-0.39, 0.29) is 26.2 Å². The zero-order valence-electron chi connectivity index (χ0n) is 17.8. The quantitative estimate of drug-likeness (QED) is 0.642. The molecular weight excluding hydrogens is 428 g/mol. The Hall–Kier alpha value is -3.11. The lowest BCUT2D eigenvalue weighted by atomic mass is 10.1. The number of amides is 2. The number of pyridine rings is 1. The monoisotopic (exact) mass is 454 g/mol. The molecule has 5 rings (SSSR count). The average molecular weight is 455 g/mol. The maximum absolute atomic E-state index is 11.5. The van der Waals surface area contributed by atoms with Gasteiger partial charge in [0.1, 0.15) is 12.7 Å². The van der Waals surface area contributed by atoms with Gasteiger partial charge in [-0.1, -0.05) is 6.07 Å². The molecule has 4 heterocycles. The number of hydrogen-bond acceptors (Lipinski definition) is 7. The summed E-state index contributed by atoms with van der Waals surface area (Å²) >= 11 is 0. The predicted octanol–water partition coefficient (Wildman–Crippen LogP) is 1.96. The van der Waals surface area contributed by atoms with Gasteiger partial charge >= 0.3 is 6.03 Å². The van der Waals surface area contributed by atoms with Gasteiger partial charge in [-0.3, -0.25) is 4.98 Å². The first-order valence-corrected chi connectivity index (χ1v) is 10.3. The van der Waals surface area contributed by atoms with Crippen LogP contribution < -0.4 is 15.4 Å². The van der Waals surface area contributed by atoms with Crippen LogP contribution in [-0.4, -0.2) is 71.9 Å². The third-order valence-electron chi connectivity index (χ3n) is 5.78. The summed E-state index contributed by atoms with van der Waals surface area (Å²) in [5, 5.41) is 0. The van der Waals surface area contributed by atoms with Gasteiger partial charge in [-0.05, 0) is 30.2 Å². The van der Waals surface area contributed by atoms with Crippen molar-refractivity contribution in [2.75, 3.05) is 44.8 Å². The number of benzene rings is 1. The van der Waals surface area contributed by atoms with Gasteiger partial charge in [0.15, 0.2) is 5.52 Å². The van der Waals surface area contributed by atoms with Crippen LogP contribution in [0.5, 0.6) is 5.88 Å². The number of likely N-dealkylation sites (N-methyl/N-ethyl adjacent to an activating group) is 1. The van der Waals surface area contributed by atoms with E-state index in [1.165, 1.54) is 11.3 Å². The second kappa shape index (κ2) is 9.17. The number of urea groups is 1. The molecule has 2 N–H and O–H groups in total. The molecule has 2 aromatic heterocycles. The fourth-order valence-electron chi connectivity index (χ4n) is 4.11. The van der Waals surface area contributed by atoms with E-state index in [9.17, 15) is 4.79 Å². The molecule has 0 spiro atoms. The molecule has 0 aliphatic carbocycles. The van der Waals surface area contributed by atoms with E-state index >= 15 is 0 Å². The number of hydrogen-bond donors (Lipinski definition) is 1. The van der Waals surface area contributed by atoms with E-state index in [0.717, 1.165) is 24.2 Å². The van der Waals surface area contributed by atoms with Crippen LogP contribution in [0.2, 0.25) is 0 Å². The molecule has 0 radical (unpaired) electrons. The molecule has 168 valence electrons. The van der Waals surface area contributed by atoms with Crippen molar-refractivity contribution in [3.63, 3.8) is 0 Å². The van der Waals surface area contributed by atoms with Crippen molar-refractivity contribution in [2.24, 2.45) is 5.73 Å². The van der Waals surface area contributed by atoms with E-state index in [2.05, 4.69) is 40.1 Å². The van der Waals surface area contributed by atoms with Crippen LogP contribution in [0.25, 0.3) is 22.3 Å². The van der Waals surface area contributed by atoms with Gasteiger partial charge in [0.05, 0.1) is 24.4 Å². The molecule has 1 aromatic carbocycles. The number of rotatable bonds is 4. The van der Waals surface area contributed by atoms with Gasteiger partial charge in [0, 0.05) is 43.8 Å². The molecule has 2 aliphatic rings. The Kier molecular flexibility index (Phi) is 6.33. The molecule has 32 heavy (non-hydrogen) atoms. The summed E-state index contributed by atoms with van der Waals surface area (Å²) in [6.07, 6.45) is 4.01.